The maximum Gasteiger partial charge on any atom is 0.251 e. The summed E-state index contributed by atoms with van der Waals surface area (Å²) in [5, 5.41) is 17.0. The van der Waals surface area contributed by atoms with E-state index in [0.717, 1.165) is 29.2 Å². The van der Waals surface area contributed by atoms with Gasteiger partial charge < -0.3 is 15.7 Å². The number of hydrogen-bond donors (Lipinski definition) is 3. The SMILES string of the molecule is CCc1cccc(CNCC(O)C(Cc2cc(F)cc(F)c2)NC(=O)c2cc(C)cc(C)c2)c1. The van der Waals surface area contributed by atoms with Crippen LogP contribution in [0, 0.1) is 25.5 Å². The van der Waals surface area contributed by atoms with E-state index in [0.29, 0.717) is 17.7 Å². The summed E-state index contributed by atoms with van der Waals surface area (Å²) in [7, 11) is 0. The van der Waals surface area contributed by atoms with Gasteiger partial charge in [0.05, 0.1) is 12.1 Å². The average molecular weight is 467 g/mol. The Morgan fingerprint density at radius 1 is 0.912 bits per heavy atom. The molecule has 0 aliphatic heterocycles. The Bertz CT molecular complexity index is 1090. The molecule has 0 aliphatic carbocycles. The number of rotatable bonds is 10. The Morgan fingerprint density at radius 2 is 1.56 bits per heavy atom. The summed E-state index contributed by atoms with van der Waals surface area (Å²) in [4.78, 5) is 13.0. The highest BCUT2D eigenvalue weighted by Gasteiger charge is 2.23. The molecule has 3 aromatic carbocycles. The van der Waals surface area contributed by atoms with Crippen molar-refractivity contribution in [3.8, 4) is 0 Å². The van der Waals surface area contributed by atoms with Crippen LogP contribution in [-0.2, 0) is 19.4 Å². The van der Waals surface area contributed by atoms with E-state index in [1.54, 1.807) is 12.1 Å². The van der Waals surface area contributed by atoms with Gasteiger partial charge in [0.25, 0.3) is 5.91 Å². The first kappa shape index (κ1) is 25.5. The Morgan fingerprint density at radius 3 is 2.21 bits per heavy atom. The van der Waals surface area contributed by atoms with Gasteiger partial charge in [-0.05, 0) is 67.6 Å². The first-order valence-electron chi connectivity index (χ1n) is 11.5. The van der Waals surface area contributed by atoms with Crippen LogP contribution in [0.25, 0.3) is 0 Å². The number of hydrogen-bond acceptors (Lipinski definition) is 3. The van der Waals surface area contributed by atoms with Crippen molar-refractivity contribution in [2.24, 2.45) is 0 Å². The van der Waals surface area contributed by atoms with Gasteiger partial charge in [0.2, 0.25) is 0 Å². The van der Waals surface area contributed by atoms with E-state index in [1.807, 2.05) is 32.0 Å². The van der Waals surface area contributed by atoms with Crippen LogP contribution in [0.4, 0.5) is 8.78 Å². The summed E-state index contributed by atoms with van der Waals surface area (Å²) in [5.74, 6) is -1.74. The second-order valence-corrected chi connectivity index (χ2v) is 8.81. The molecular weight excluding hydrogens is 434 g/mol. The summed E-state index contributed by atoms with van der Waals surface area (Å²) in [5.41, 5.74) is 5.05. The van der Waals surface area contributed by atoms with Gasteiger partial charge in [-0.1, -0.05) is 48.4 Å². The van der Waals surface area contributed by atoms with E-state index >= 15 is 0 Å². The molecule has 180 valence electrons. The lowest BCUT2D eigenvalue weighted by atomic mass is 9.99. The van der Waals surface area contributed by atoms with E-state index in [-0.39, 0.29) is 18.9 Å². The molecule has 34 heavy (non-hydrogen) atoms. The summed E-state index contributed by atoms with van der Waals surface area (Å²) >= 11 is 0. The molecule has 2 atom stereocenters. The molecule has 0 saturated heterocycles. The molecule has 0 radical (unpaired) electrons. The highest BCUT2D eigenvalue weighted by Crippen LogP contribution is 2.14. The van der Waals surface area contributed by atoms with Crippen molar-refractivity contribution >= 4 is 5.91 Å². The number of halogens is 2. The maximum absolute atomic E-state index is 13.7. The van der Waals surface area contributed by atoms with Gasteiger partial charge >= 0.3 is 0 Å². The predicted octanol–water partition coefficient (Wildman–Crippen LogP) is 4.64. The van der Waals surface area contributed by atoms with E-state index in [2.05, 4.69) is 29.7 Å². The third-order valence-corrected chi connectivity index (χ3v) is 5.73. The van der Waals surface area contributed by atoms with Crippen LogP contribution in [0.15, 0.2) is 60.7 Å². The van der Waals surface area contributed by atoms with Crippen LogP contribution in [0.1, 0.15) is 45.1 Å². The number of aryl methyl sites for hydroxylation is 3. The summed E-state index contributed by atoms with van der Waals surface area (Å²) in [6, 6.07) is 16.2. The molecule has 0 aliphatic rings. The minimum absolute atomic E-state index is 0.0827. The number of nitrogens with one attached hydrogen (secondary N) is 2. The lowest BCUT2D eigenvalue weighted by Gasteiger charge is -2.25. The Balaban J connectivity index is 1.73. The highest BCUT2D eigenvalue weighted by atomic mass is 19.1. The van der Waals surface area contributed by atoms with E-state index < -0.39 is 23.8 Å². The third-order valence-electron chi connectivity index (χ3n) is 5.73. The zero-order chi connectivity index (χ0) is 24.7. The molecule has 1 amide bonds. The van der Waals surface area contributed by atoms with Gasteiger partial charge in [0.1, 0.15) is 11.6 Å². The zero-order valence-electron chi connectivity index (χ0n) is 19.9. The van der Waals surface area contributed by atoms with Crippen LogP contribution >= 0.6 is 0 Å². The fourth-order valence-electron chi connectivity index (χ4n) is 4.09. The molecule has 3 aromatic rings. The number of aliphatic hydroxyl groups is 1. The van der Waals surface area contributed by atoms with Crippen LogP contribution in [0.2, 0.25) is 0 Å². The van der Waals surface area contributed by atoms with Crippen molar-refractivity contribution in [2.75, 3.05) is 6.54 Å². The zero-order valence-corrected chi connectivity index (χ0v) is 19.9. The lowest BCUT2D eigenvalue weighted by molar-refractivity contribution is 0.0829. The summed E-state index contributed by atoms with van der Waals surface area (Å²) in [6.45, 7) is 6.66. The van der Waals surface area contributed by atoms with Gasteiger partial charge in [0.15, 0.2) is 0 Å². The molecular formula is C28H32F2N2O2. The molecule has 0 heterocycles. The molecule has 0 spiro atoms. The van der Waals surface area contributed by atoms with E-state index in [9.17, 15) is 18.7 Å². The molecule has 3 rings (SSSR count). The van der Waals surface area contributed by atoms with Gasteiger partial charge in [-0.25, -0.2) is 8.78 Å². The second-order valence-electron chi connectivity index (χ2n) is 8.81. The van der Waals surface area contributed by atoms with E-state index in [1.165, 1.54) is 17.7 Å². The van der Waals surface area contributed by atoms with Crippen LogP contribution in [0.3, 0.4) is 0 Å². The molecule has 2 unspecified atom stereocenters. The normalized spacial score (nSPS) is 12.9. The Kier molecular flexibility index (Phi) is 8.91. The van der Waals surface area contributed by atoms with Gasteiger partial charge in [-0.2, -0.15) is 0 Å². The molecule has 0 fully saturated rings. The summed E-state index contributed by atoms with van der Waals surface area (Å²) in [6.07, 6.45) is 0.0441. The van der Waals surface area contributed by atoms with Crippen LogP contribution < -0.4 is 10.6 Å². The standard InChI is InChI=1S/C28H32F2N2O2/c1-4-20-6-5-7-21(11-20)16-31-17-27(33)26(14-22-12-24(29)15-25(30)13-22)32-28(34)23-9-18(2)8-19(3)10-23/h5-13,15,26-27,31,33H,4,14,16-17H2,1-3H3,(H,32,34). The largest absolute Gasteiger partial charge is 0.390 e. The van der Waals surface area contributed by atoms with Gasteiger partial charge in [-0.3, -0.25) is 4.79 Å². The summed E-state index contributed by atoms with van der Waals surface area (Å²) < 4.78 is 27.5. The first-order chi connectivity index (χ1) is 16.2. The van der Waals surface area contributed by atoms with Crippen LogP contribution in [0.5, 0.6) is 0 Å². The quantitative estimate of drug-likeness (QED) is 0.408. The Labute approximate surface area is 200 Å². The smallest absolute Gasteiger partial charge is 0.251 e. The second kappa shape index (κ2) is 11.9. The Hall–Kier alpha value is -3.09. The minimum atomic E-state index is -0.976. The first-order valence-corrected chi connectivity index (χ1v) is 11.5. The molecule has 0 bridgehead atoms. The average Bonchev–Trinajstić information content (AvgIpc) is 2.77. The molecule has 0 saturated carbocycles. The van der Waals surface area contributed by atoms with Gasteiger partial charge in [-0.15, -0.1) is 0 Å². The van der Waals surface area contributed by atoms with Crippen molar-refractivity contribution in [1.82, 2.24) is 10.6 Å². The third kappa shape index (κ3) is 7.47. The molecule has 4 nitrogen and oxygen atoms in total. The minimum Gasteiger partial charge on any atom is -0.390 e. The van der Waals surface area contributed by atoms with E-state index in [4.69, 9.17) is 0 Å². The lowest BCUT2D eigenvalue weighted by Crippen LogP contribution is -2.48. The molecule has 3 N–H and O–H groups in total. The van der Waals surface area contributed by atoms with Crippen molar-refractivity contribution < 1.29 is 18.7 Å². The maximum atomic E-state index is 13.7. The molecule has 6 heteroatoms. The highest BCUT2D eigenvalue weighted by molar-refractivity contribution is 5.94. The number of carbonyl (C=O) groups is 1. The van der Waals surface area contributed by atoms with Crippen molar-refractivity contribution in [1.29, 1.82) is 0 Å². The number of amides is 1. The van der Waals surface area contributed by atoms with Crippen molar-refractivity contribution in [3.05, 3.63) is 106 Å². The fraction of sp³-hybridized carbons (Fsp3) is 0.321. The van der Waals surface area contributed by atoms with Crippen molar-refractivity contribution in [3.63, 3.8) is 0 Å². The predicted molar refractivity (Wildman–Crippen MR) is 131 cm³/mol. The van der Waals surface area contributed by atoms with Gasteiger partial charge in [0, 0.05) is 24.7 Å². The van der Waals surface area contributed by atoms with Crippen molar-refractivity contribution in [2.45, 2.75) is 52.3 Å². The number of benzene rings is 3. The fourth-order valence-corrected chi connectivity index (χ4v) is 4.09. The van der Waals surface area contributed by atoms with Crippen LogP contribution in [-0.4, -0.2) is 29.7 Å². The number of aliphatic hydroxyl groups excluding tert-OH is 1. The molecule has 0 aromatic heterocycles. The topological polar surface area (TPSA) is 61.4 Å². The number of carbonyl (C=O) groups excluding carboxylic acids is 1. The monoisotopic (exact) mass is 466 g/mol.